The van der Waals surface area contributed by atoms with Crippen molar-refractivity contribution < 1.29 is 27.9 Å². The van der Waals surface area contributed by atoms with Gasteiger partial charge in [0.2, 0.25) is 0 Å². The van der Waals surface area contributed by atoms with Crippen LogP contribution in [-0.4, -0.2) is 48.0 Å². The van der Waals surface area contributed by atoms with E-state index in [1.54, 1.807) is 68.6 Å². The molecule has 0 aliphatic carbocycles. The summed E-state index contributed by atoms with van der Waals surface area (Å²) in [5.74, 6) is -0.902. The van der Waals surface area contributed by atoms with E-state index in [1.165, 1.54) is 18.3 Å². The summed E-state index contributed by atoms with van der Waals surface area (Å²) in [7, 11) is -2.42. The molecule has 0 saturated heterocycles. The fourth-order valence-corrected chi connectivity index (χ4v) is 5.07. The van der Waals surface area contributed by atoms with Crippen LogP contribution in [0.25, 0.3) is 10.8 Å². The molecule has 4 rings (SSSR count). The molecule has 0 unspecified atom stereocenters. The lowest BCUT2D eigenvalue weighted by Crippen LogP contribution is -2.32. The molecule has 1 atom stereocenters. The van der Waals surface area contributed by atoms with E-state index in [0.29, 0.717) is 16.5 Å². The monoisotopic (exact) mass is 507 g/mol. The number of ether oxygens (including phenoxy) is 1. The SMILES string of the molecule is CCOC(=O)C[C@](O)(c1ccc2cc(C(=O)NC)ccc2c1)c1cn(S(=O)(=O)c2ccccc2)cn1. The van der Waals surface area contributed by atoms with Crippen molar-refractivity contribution in [1.29, 1.82) is 0 Å². The second-order valence-corrected chi connectivity index (χ2v) is 9.95. The van der Waals surface area contributed by atoms with Gasteiger partial charge in [0.1, 0.15) is 11.9 Å². The number of aliphatic hydroxyl groups is 1. The molecule has 1 heterocycles. The van der Waals surface area contributed by atoms with Crippen molar-refractivity contribution in [2.75, 3.05) is 13.7 Å². The van der Waals surface area contributed by atoms with Crippen LogP contribution < -0.4 is 5.32 Å². The van der Waals surface area contributed by atoms with Gasteiger partial charge in [-0.3, -0.25) is 9.59 Å². The van der Waals surface area contributed by atoms with Crippen LogP contribution in [0.15, 0.2) is 84.1 Å². The molecule has 1 aromatic heterocycles. The van der Waals surface area contributed by atoms with E-state index in [1.807, 2.05) is 0 Å². The minimum Gasteiger partial charge on any atom is -0.466 e. The number of hydrogen-bond acceptors (Lipinski definition) is 7. The summed E-state index contributed by atoms with van der Waals surface area (Å²) >= 11 is 0. The normalized spacial score (nSPS) is 13.2. The topological polar surface area (TPSA) is 128 Å². The number of fused-ring (bicyclic) bond motifs is 1. The lowest BCUT2D eigenvalue weighted by Gasteiger charge is -2.26. The van der Waals surface area contributed by atoms with Gasteiger partial charge in [-0.05, 0) is 53.6 Å². The highest BCUT2D eigenvalue weighted by Gasteiger charge is 2.38. The lowest BCUT2D eigenvalue weighted by molar-refractivity contribution is -0.147. The number of aromatic nitrogens is 2. The number of esters is 1. The average molecular weight is 508 g/mol. The van der Waals surface area contributed by atoms with Gasteiger partial charge in [-0.1, -0.05) is 36.4 Å². The van der Waals surface area contributed by atoms with Gasteiger partial charge in [0.15, 0.2) is 0 Å². The largest absolute Gasteiger partial charge is 0.466 e. The van der Waals surface area contributed by atoms with E-state index in [-0.39, 0.29) is 23.1 Å². The molecule has 0 spiro atoms. The maximum absolute atomic E-state index is 13.0. The molecule has 0 aliphatic heterocycles. The number of rotatable bonds is 8. The van der Waals surface area contributed by atoms with Crippen LogP contribution in [0.5, 0.6) is 0 Å². The van der Waals surface area contributed by atoms with Crippen LogP contribution in [0, 0.1) is 0 Å². The van der Waals surface area contributed by atoms with Gasteiger partial charge in [-0.25, -0.2) is 17.4 Å². The zero-order valence-electron chi connectivity index (χ0n) is 19.7. The first-order valence-corrected chi connectivity index (χ1v) is 12.6. The predicted molar refractivity (Wildman–Crippen MR) is 133 cm³/mol. The van der Waals surface area contributed by atoms with Crippen molar-refractivity contribution in [3.63, 3.8) is 0 Å². The van der Waals surface area contributed by atoms with Crippen molar-refractivity contribution in [1.82, 2.24) is 14.3 Å². The van der Waals surface area contributed by atoms with E-state index < -0.39 is 28.0 Å². The summed E-state index contributed by atoms with van der Waals surface area (Å²) in [6, 6.07) is 17.9. The third-order valence-corrected chi connectivity index (χ3v) is 7.44. The van der Waals surface area contributed by atoms with Crippen LogP contribution in [0.2, 0.25) is 0 Å². The van der Waals surface area contributed by atoms with E-state index in [9.17, 15) is 23.1 Å². The van der Waals surface area contributed by atoms with Crippen molar-refractivity contribution in [3.8, 4) is 0 Å². The Morgan fingerprint density at radius 1 is 1.06 bits per heavy atom. The van der Waals surface area contributed by atoms with Crippen molar-refractivity contribution in [2.24, 2.45) is 0 Å². The molecule has 0 fully saturated rings. The van der Waals surface area contributed by atoms with E-state index in [2.05, 4.69) is 10.3 Å². The van der Waals surface area contributed by atoms with Crippen LogP contribution in [-0.2, 0) is 25.2 Å². The van der Waals surface area contributed by atoms with Crippen LogP contribution in [0.4, 0.5) is 0 Å². The quantitative estimate of drug-likeness (QED) is 0.351. The maximum Gasteiger partial charge on any atom is 0.309 e. The second kappa shape index (κ2) is 9.92. The molecule has 3 aromatic carbocycles. The highest BCUT2D eigenvalue weighted by molar-refractivity contribution is 7.90. The Labute approximate surface area is 208 Å². The van der Waals surface area contributed by atoms with Gasteiger partial charge in [-0.15, -0.1) is 0 Å². The highest BCUT2D eigenvalue weighted by Crippen LogP contribution is 2.35. The summed E-state index contributed by atoms with van der Waals surface area (Å²) < 4.78 is 32.1. The summed E-state index contributed by atoms with van der Waals surface area (Å²) in [4.78, 5) is 28.7. The van der Waals surface area contributed by atoms with E-state index >= 15 is 0 Å². The molecule has 9 nitrogen and oxygen atoms in total. The third-order valence-electron chi connectivity index (χ3n) is 5.82. The van der Waals surface area contributed by atoms with Gasteiger partial charge < -0.3 is 15.2 Å². The Kier molecular flexibility index (Phi) is 6.91. The first kappa shape index (κ1) is 25.1. The van der Waals surface area contributed by atoms with E-state index in [4.69, 9.17) is 4.74 Å². The zero-order chi connectivity index (χ0) is 25.9. The Hall–Kier alpha value is -4.02. The number of carbonyl (C=O) groups is 2. The molecule has 0 aliphatic rings. The number of amides is 1. The Balaban J connectivity index is 1.80. The first-order chi connectivity index (χ1) is 17.2. The summed E-state index contributed by atoms with van der Waals surface area (Å²) in [5.41, 5.74) is -1.21. The van der Waals surface area contributed by atoms with Crippen LogP contribution in [0.3, 0.4) is 0 Å². The van der Waals surface area contributed by atoms with E-state index in [0.717, 1.165) is 15.7 Å². The smallest absolute Gasteiger partial charge is 0.309 e. The lowest BCUT2D eigenvalue weighted by atomic mass is 9.86. The summed E-state index contributed by atoms with van der Waals surface area (Å²) in [6.07, 6.45) is 1.80. The zero-order valence-corrected chi connectivity index (χ0v) is 20.5. The van der Waals surface area contributed by atoms with Crippen molar-refractivity contribution >= 4 is 32.7 Å². The van der Waals surface area contributed by atoms with Crippen LogP contribution in [0.1, 0.15) is 35.0 Å². The summed E-state index contributed by atoms with van der Waals surface area (Å²) in [6.45, 7) is 1.77. The molecule has 0 bridgehead atoms. The predicted octanol–water partition coefficient (Wildman–Crippen LogP) is 2.82. The molecule has 4 aromatic rings. The molecule has 186 valence electrons. The molecule has 2 N–H and O–H groups in total. The Morgan fingerprint density at radius 3 is 2.44 bits per heavy atom. The molecule has 0 saturated carbocycles. The molecule has 36 heavy (non-hydrogen) atoms. The number of nitrogens with zero attached hydrogens (tertiary/aromatic N) is 2. The van der Waals surface area contributed by atoms with Gasteiger partial charge >= 0.3 is 5.97 Å². The second-order valence-electron chi connectivity index (χ2n) is 8.10. The number of hydrogen-bond donors (Lipinski definition) is 2. The number of carbonyl (C=O) groups excluding carboxylic acids is 2. The first-order valence-electron chi connectivity index (χ1n) is 11.2. The van der Waals surface area contributed by atoms with Gasteiger partial charge in [0.25, 0.3) is 15.9 Å². The minimum absolute atomic E-state index is 0.0311. The van der Waals surface area contributed by atoms with Gasteiger partial charge in [0, 0.05) is 18.8 Å². The standard InChI is InChI=1S/C26H25N3O6S/c1-3-35-24(30)15-26(32,21-12-11-18-13-20(25(31)27-2)10-9-19(18)14-21)23-16-29(17-28-23)36(33,34)22-7-5-4-6-8-22/h4-14,16-17,32H,3,15H2,1-2H3,(H,27,31)/t26-/m0/s1. The maximum atomic E-state index is 13.0. The third kappa shape index (κ3) is 4.73. The van der Waals surface area contributed by atoms with Gasteiger partial charge in [-0.2, -0.15) is 0 Å². The molecule has 0 radical (unpaired) electrons. The van der Waals surface area contributed by atoms with Gasteiger partial charge in [0.05, 0.1) is 23.6 Å². The number of nitrogens with one attached hydrogen (secondary N) is 1. The van der Waals surface area contributed by atoms with Crippen molar-refractivity contribution in [2.45, 2.75) is 23.8 Å². The fraction of sp³-hybridized carbons (Fsp3) is 0.192. The average Bonchev–Trinajstić information content (AvgIpc) is 3.40. The van der Waals surface area contributed by atoms with Crippen molar-refractivity contribution in [3.05, 3.63) is 96.1 Å². The fourth-order valence-electron chi connectivity index (χ4n) is 3.92. The molecular weight excluding hydrogens is 482 g/mol. The minimum atomic E-state index is -3.96. The number of benzene rings is 3. The molecule has 10 heteroatoms. The summed E-state index contributed by atoms with van der Waals surface area (Å²) in [5, 5.41) is 15.8. The molecular formula is C26H25N3O6S. The Morgan fingerprint density at radius 2 is 1.75 bits per heavy atom. The number of imidazole rings is 1. The molecule has 1 amide bonds. The Bertz CT molecular complexity index is 1530. The highest BCUT2D eigenvalue weighted by atomic mass is 32.2. The van der Waals surface area contributed by atoms with Crippen LogP contribution >= 0.6 is 0 Å².